The number of allylic oxidation sites excluding steroid dienone is 1. The lowest BCUT2D eigenvalue weighted by molar-refractivity contribution is 0.305. The van der Waals surface area contributed by atoms with Gasteiger partial charge in [-0.1, -0.05) is 67.2 Å². The van der Waals surface area contributed by atoms with Crippen LogP contribution in [0.15, 0.2) is 35.5 Å². The van der Waals surface area contributed by atoms with Crippen molar-refractivity contribution in [3.63, 3.8) is 0 Å². The Bertz CT molecular complexity index is 498. The predicted molar refractivity (Wildman–Crippen MR) is 95.9 cm³/mol. The second-order valence-corrected chi connectivity index (χ2v) is 6.24. The van der Waals surface area contributed by atoms with Gasteiger partial charge in [0.1, 0.15) is 0 Å². The van der Waals surface area contributed by atoms with Crippen LogP contribution in [0.1, 0.15) is 38.2 Å². The van der Waals surface area contributed by atoms with Crippen molar-refractivity contribution < 1.29 is 5.21 Å². The van der Waals surface area contributed by atoms with Crippen LogP contribution in [-0.4, -0.2) is 36.5 Å². The summed E-state index contributed by atoms with van der Waals surface area (Å²) in [5.74, 6) is 0.227. The minimum atomic E-state index is 0.227. The molecule has 1 aromatic rings. The summed E-state index contributed by atoms with van der Waals surface area (Å²) in [6.45, 7) is 3.06. The molecule has 0 fully saturated rings. The molecule has 4 heteroatoms. The molecule has 1 rings (SSSR count). The molecule has 0 bridgehead atoms. The molecule has 0 radical (unpaired) electrons. The zero-order valence-electron chi connectivity index (χ0n) is 13.8. The third-order valence-electron chi connectivity index (χ3n) is 3.61. The average Bonchev–Trinajstić information content (AvgIpc) is 2.49. The monoisotopic (exact) mass is 322 g/mol. The molecule has 1 atom stereocenters. The van der Waals surface area contributed by atoms with Crippen molar-refractivity contribution in [2.24, 2.45) is 11.1 Å². The maximum Gasteiger partial charge on any atom is 0.0839 e. The van der Waals surface area contributed by atoms with Gasteiger partial charge in [0.25, 0.3) is 0 Å². The maximum atomic E-state index is 9.40. The summed E-state index contributed by atoms with van der Waals surface area (Å²) in [4.78, 5) is 2.13. The van der Waals surface area contributed by atoms with Gasteiger partial charge in [-0.3, -0.25) is 0 Å². The van der Waals surface area contributed by atoms with Crippen LogP contribution in [0.4, 0.5) is 0 Å². The van der Waals surface area contributed by atoms with Crippen LogP contribution >= 0.6 is 11.6 Å². The normalized spacial score (nSPS) is 14.0. The van der Waals surface area contributed by atoms with E-state index in [2.05, 4.69) is 17.0 Å². The van der Waals surface area contributed by atoms with E-state index in [1.807, 2.05) is 50.5 Å². The van der Waals surface area contributed by atoms with Crippen LogP contribution in [0.3, 0.4) is 0 Å². The highest BCUT2D eigenvalue weighted by Crippen LogP contribution is 2.19. The number of nitrogens with zero attached hydrogens (tertiary/aromatic N) is 2. The number of benzene rings is 1. The lowest BCUT2D eigenvalue weighted by Gasteiger charge is -2.20. The predicted octanol–water partition coefficient (Wildman–Crippen LogP) is 4.94. The molecule has 1 aromatic carbocycles. The third kappa shape index (κ3) is 6.63. The van der Waals surface area contributed by atoms with Crippen molar-refractivity contribution >= 4 is 23.4 Å². The lowest BCUT2D eigenvalue weighted by atomic mass is 9.94. The highest BCUT2D eigenvalue weighted by atomic mass is 35.5. The van der Waals surface area contributed by atoms with E-state index in [4.69, 9.17) is 11.6 Å². The van der Waals surface area contributed by atoms with Gasteiger partial charge in [-0.2, -0.15) is 0 Å². The number of rotatable bonds is 9. The molecule has 0 heterocycles. The third-order valence-corrected chi connectivity index (χ3v) is 3.96. The van der Waals surface area contributed by atoms with Gasteiger partial charge in [0.15, 0.2) is 0 Å². The summed E-state index contributed by atoms with van der Waals surface area (Å²) in [5, 5.41) is 13.6. The zero-order valence-corrected chi connectivity index (χ0v) is 14.6. The van der Waals surface area contributed by atoms with Gasteiger partial charge < -0.3 is 10.1 Å². The minimum absolute atomic E-state index is 0.227. The van der Waals surface area contributed by atoms with E-state index < -0.39 is 0 Å². The minimum Gasteiger partial charge on any atom is -0.411 e. The summed E-state index contributed by atoms with van der Waals surface area (Å²) in [6.07, 6.45) is 8.36. The first-order valence-electron chi connectivity index (χ1n) is 7.87. The fourth-order valence-electron chi connectivity index (χ4n) is 2.45. The van der Waals surface area contributed by atoms with Gasteiger partial charge in [-0.25, -0.2) is 0 Å². The first kappa shape index (κ1) is 18.7. The summed E-state index contributed by atoms with van der Waals surface area (Å²) < 4.78 is 0. The molecule has 0 aromatic heterocycles. The summed E-state index contributed by atoms with van der Waals surface area (Å²) in [6, 6.07) is 7.65. The molecule has 0 aliphatic carbocycles. The summed E-state index contributed by atoms with van der Waals surface area (Å²) in [7, 11) is 4.08. The molecule has 22 heavy (non-hydrogen) atoms. The lowest BCUT2D eigenvalue weighted by Crippen LogP contribution is -2.27. The highest BCUT2D eigenvalue weighted by Gasteiger charge is 2.15. The Morgan fingerprint density at radius 3 is 2.64 bits per heavy atom. The first-order valence-corrected chi connectivity index (χ1v) is 8.25. The van der Waals surface area contributed by atoms with E-state index in [0.29, 0.717) is 10.7 Å². The van der Waals surface area contributed by atoms with Gasteiger partial charge in [0.2, 0.25) is 0 Å². The molecule has 0 aliphatic heterocycles. The Morgan fingerprint density at radius 1 is 1.32 bits per heavy atom. The van der Waals surface area contributed by atoms with E-state index in [1.165, 1.54) is 12.8 Å². The summed E-state index contributed by atoms with van der Waals surface area (Å²) >= 11 is 6.16. The van der Waals surface area contributed by atoms with E-state index >= 15 is 0 Å². The molecule has 1 N–H and O–H groups in total. The Kier molecular flexibility index (Phi) is 8.86. The van der Waals surface area contributed by atoms with Crippen LogP contribution in [0.2, 0.25) is 5.02 Å². The fourth-order valence-corrected chi connectivity index (χ4v) is 2.65. The van der Waals surface area contributed by atoms with Crippen LogP contribution in [-0.2, 0) is 0 Å². The van der Waals surface area contributed by atoms with Crippen molar-refractivity contribution in [3.8, 4) is 0 Å². The zero-order chi connectivity index (χ0) is 16.4. The number of oxime groups is 1. The number of halogens is 1. The average molecular weight is 323 g/mol. The second-order valence-electron chi connectivity index (χ2n) is 5.83. The number of hydrogen-bond donors (Lipinski definition) is 1. The molecule has 3 nitrogen and oxygen atoms in total. The van der Waals surface area contributed by atoms with E-state index in [0.717, 1.165) is 24.9 Å². The fraction of sp³-hybridized carbons (Fsp3) is 0.500. The standard InChI is InChI=1S/C18H27ClN2O/c1-4-5-6-10-16(14-21(2)3)18(20-22)13-12-15-9-7-8-11-17(15)19/h7-9,11-13,16,22H,4-6,10,14H2,1-3H3/b13-12+,20-18+. The topological polar surface area (TPSA) is 35.8 Å². The van der Waals surface area contributed by atoms with Crippen LogP contribution < -0.4 is 0 Å². The quantitative estimate of drug-likeness (QED) is 0.302. The summed E-state index contributed by atoms with van der Waals surface area (Å²) in [5.41, 5.74) is 1.65. The van der Waals surface area contributed by atoms with Gasteiger partial charge in [-0.05, 0) is 38.2 Å². The van der Waals surface area contributed by atoms with Crippen molar-refractivity contribution in [3.05, 3.63) is 40.9 Å². The Labute approximate surface area is 139 Å². The van der Waals surface area contributed by atoms with Gasteiger partial charge in [0, 0.05) is 17.5 Å². The van der Waals surface area contributed by atoms with Crippen molar-refractivity contribution in [1.29, 1.82) is 0 Å². The molecule has 0 amide bonds. The Morgan fingerprint density at radius 2 is 2.05 bits per heavy atom. The largest absolute Gasteiger partial charge is 0.411 e. The SMILES string of the molecule is CCCCCC(CN(C)C)C(/C=C/c1ccccc1Cl)=N/O. The Hall–Kier alpha value is -1.32. The smallest absolute Gasteiger partial charge is 0.0839 e. The van der Waals surface area contributed by atoms with E-state index in [-0.39, 0.29) is 5.92 Å². The second kappa shape index (κ2) is 10.4. The molecule has 0 saturated heterocycles. The molecule has 122 valence electrons. The van der Waals surface area contributed by atoms with Crippen molar-refractivity contribution in [2.75, 3.05) is 20.6 Å². The van der Waals surface area contributed by atoms with Crippen LogP contribution in [0.25, 0.3) is 6.08 Å². The maximum absolute atomic E-state index is 9.40. The Balaban J connectivity index is 2.82. The van der Waals surface area contributed by atoms with E-state index in [9.17, 15) is 5.21 Å². The molecular weight excluding hydrogens is 296 g/mol. The molecule has 0 saturated carbocycles. The van der Waals surface area contributed by atoms with Crippen LogP contribution in [0.5, 0.6) is 0 Å². The van der Waals surface area contributed by atoms with Crippen molar-refractivity contribution in [2.45, 2.75) is 32.6 Å². The molecule has 0 spiro atoms. The van der Waals surface area contributed by atoms with Gasteiger partial charge >= 0.3 is 0 Å². The molecule has 1 unspecified atom stereocenters. The highest BCUT2D eigenvalue weighted by molar-refractivity contribution is 6.32. The van der Waals surface area contributed by atoms with Gasteiger partial charge in [-0.15, -0.1) is 0 Å². The van der Waals surface area contributed by atoms with Gasteiger partial charge in [0.05, 0.1) is 5.71 Å². The molecular formula is C18H27ClN2O. The number of hydrogen-bond acceptors (Lipinski definition) is 3. The molecule has 0 aliphatic rings. The van der Waals surface area contributed by atoms with Crippen LogP contribution in [0, 0.1) is 5.92 Å². The van der Waals surface area contributed by atoms with Crippen molar-refractivity contribution in [1.82, 2.24) is 4.90 Å². The number of unbranched alkanes of at least 4 members (excludes halogenated alkanes) is 2. The first-order chi connectivity index (χ1) is 10.6. The van der Waals surface area contributed by atoms with E-state index in [1.54, 1.807) is 0 Å².